The summed E-state index contributed by atoms with van der Waals surface area (Å²) in [5.41, 5.74) is 1.85. The lowest BCUT2D eigenvalue weighted by atomic mass is 10.1. The Bertz CT molecular complexity index is 750. The predicted octanol–water partition coefficient (Wildman–Crippen LogP) is 2.53. The van der Waals surface area contributed by atoms with Crippen molar-refractivity contribution in [3.8, 4) is 11.5 Å². The van der Waals surface area contributed by atoms with Crippen molar-refractivity contribution in [3.05, 3.63) is 53.6 Å². The summed E-state index contributed by atoms with van der Waals surface area (Å²) in [6, 6.07) is 12.3. The molecule has 124 valence electrons. The van der Waals surface area contributed by atoms with Crippen LogP contribution in [0.3, 0.4) is 0 Å². The fraction of sp³-hybridized carbons (Fsp3) is 0.294. The summed E-state index contributed by atoms with van der Waals surface area (Å²) >= 11 is 0. The highest BCUT2D eigenvalue weighted by Crippen LogP contribution is 2.22. The van der Waals surface area contributed by atoms with Crippen LogP contribution in [-0.2, 0) is 16.4 Å². The molecule has 1 N–H and O–H groups in total. The molecular formula is C17H21NO4S. The second kappa shape index (κ2) is 7.48. The lowest BCUT2D eigenvalue weighted by Crippen LogP contribution is -2.26. The molecule has 0 saturated heterocycles. The van der Waals surface area contributed by atoms with E-state index in [4.69, 9.17) is 9.47 Å². The molecule has 0 saturated carbocycles. The third kappa shape index (κ3) is 4.71. The Morgan fingerprint density at radius 3 is 2.22 bits per heavy atom. The molecule has 6 heteroatoms. The lowest BCUT2D eigenvalue weighted by Gasteiger charge is -2.10. The Morgan fingerprint density at radius 2 is 1.65 bits per heavy atom. The Kier molecular flexibility index (Phi) is 5.63. The molecule has 0 aliphatic heterocycles. The lowest BCUT2D eigenvalue weighted by molar-refractivity contribution is 0.393. The highest BCUT2D eigenvalue weighted by molar-refractivity contribution is 7.89. The van der Waals surface area contributed by atoms with Crippen molar-refractivity contribution < 1.29 is 17.9 Å². The normalized spacial score (nSPS) is 11.3. The van der Waals surface area contributed by atoms with Gasteiger partial charge in [-0.1, -0.05) is 12.1 Å². The molecule has 0 radical (unpaired) electrons. The summed E-state index contributed by atoms with van der Waals surface area (Å²) < 4.78 is 37.6. The maximum absolute atomic E-state index is 12.3. The van der Waals surface area contributed by atoms with E-state index in [0.717, 1.165) is 11.1 Å². The van der Waals surface area contributed by atoms with Crippen LogP contribution in [0.4, 0.5) is 0 Å². The SMILES string of the molecule is COc1cc(CCNS(=O)(=O)c2cccc(C)c2)cc(OC)c1. The molecular weight excluding hydrogens is 314 g/mol. The first kappa shape index (κ1) is 17.3. The summed E-state index contributed by atoms with van der Waals surface area (Å²) in [5, 5.41) is 0. The average Bonchev–Trinajstić information content (AvgIpc) is 2.54. The van der Waals surface area contributed by atoms with Gasteiger partial charge in [-0.3, -0.25) is 0 Å². The molecule has 0 amide bonds. The molecule has 0 heterocycles. The minimum atomic E-state index is -3.50. The van der Waals surface area contributed by atoms with Gasteiger partial charge in [0.15, 0.2) is 0 Å². The van der Waals surface area contributed by atoms with Crippen LogP contribution in [0.2, 0.25) is 0 Å². The van der Waals surface area contributed by atoms with Crippen molar-refractivity contribution in [1.29, 1.82) is 0 Å². The third-order valence-electron chi connectivity index (χ3n) is 3.42. The summed E-state index contributed by atoms with van der Waals surface area (Å²) in [7, 11) is -0.332. The standard InChI is InChI=1S/C17H21NO4S/c1-13-5-4-6-17(9-13)23(19,20)18-8-7-14-10-15(21-2)12-16(11-14)22-3/h4-6,9-12,18H,7-8H2,1-3H3. The Labute approximate surface area is 137 Å². The van der Waals surface area contributed by atoms with Crippen LogP contribution in [0.1, 0.15) is 11.1 Å². The van der Waals surface area contributed by atoms with Crippen molar-refractivity contribution in [2.24, 2.45) is 0 Å². The molecule has 0 atom stereocenters. The monoisotopic (exact) mass is 335 g/mol. The van der Waals surface area contributed by atoms with E-state index in [1.807, 2.05) is 25.1 Å². The minimum absolute atomic E-state index is 0.278. The number of hydrogen-bond acceptors (Lipinski definition) is 4. The van der Waals surface area contributed by atoms with E-state index in [9.17, 15) is 8.42 Å². The highest BCUT2D eigenvalue weighted by Gasteiger charge is 2.13. The number of hydrogen-bond donors (Lipinski definition) is 1. The van der Waals surface area contributed by atoms with Gasteiger partial charge in [0.1, 0.15) is 11.5 Å². The molecule has 2 aromatic rings. The number of methoxy groups -OCH3 is 2. The summed E-state index contributed by atoms with van der Waals surface area (Å²) in [5.74, 6) is 1.36. The van der Waals surface area contributed by atoms with Gasteiger partial charge in [0.25, 0.3) is 0 Å². The molecule has 0 aliphatic carbocycles. The first-order valence-electron chi connectivity index (χ1n) is 7.23. The van der Waals surface area contributed by atoms with E-state index in [-0.39, 0.29) is 4.90 Å². The second-order valence-corrected chi connectivity index (χ2v) is 6.95. The van der Waals surface area contributed by atoms with E-state index in [0.29, 0.717) is 24.5 Å². The summed E-state index contributed by atoms with van der Waals surface area (Å²) in [6.07, 6.45) is 0.540. The number of nitrogens with one attached hydrogen (secondary N) is 1. The Morgan fingerprint density at radius 1 is 1.00 bits per heavy atom. The van der Waals surface area contributed by atoms with Crippen LogP contribution in [0, 0.1) is 6.92 Å². The first-order chi connectivity index (χ1) is 10.9. The van der Waals surface area contributed by atoms with Crippen molar-refractivity contribution in [3.63, 3.8) is 0 Å². The van der Waals surface area contributed by atoms with Gasteiger partial charge in [0.2, 0.25) is 10.0 Å². The van der Waals surface area contributed by atoms with Gasteiger partial charge in [-0.25, -0.2) is 13.1 Å². The van der Waals surface area contributed by atoms with Crippen LogP contribution in [-0.4, -0.2) is 29.2 Å². The van der Waals surface area contributed by atoms with E-state index < -0.39 is 10.0 Å². The number of benzene rings is 2. The fourth-order valence-corrected chi connectivity index (χ4v) is 3.34. The zero-order chi connectivity index (χ0) is 16.9. The van der Waals surface area contributed by atoms with Crippen molar-refractivity contribution in [2.45, 2.75) is 18.2 Å². The maximum atomic E-state index is 12.3. The Hall–Kier alpha value is -2.05. The van der Waals surface area contributed by atoms with E-state index >= 15 is 0 Å². The first-order valence-corrected chi connectivity index (χ1v) is 8.71. The molecule has 2 aromatic carbocycles. The van der Waals surface area contributed by atoms with Crippen LogP contribution in [0.25, 0.3) is 0 Å². The molecule has 5 nitrogen and oxygen atoms in total. The van der Waals surface area contributed by atoms with Gasteiger partial charge in [-0.05, 0) is 48.7 Å². The topological polar surface area (TPSA) is 64.6 Å². The smallest absolute Gasteiger partial charge is 0.240 e. The van der Waals surface area contributed by atoms with Gasteiger partial charge in [-0.2, -0.15) is 0 Å². The van der Waals surface area contributed by atoms with Gasteiger partial charge in [-0.15, -0.1) is 0 Å². The van der Waals surface area contributed by atoms with Crippen LogP contribution >= 0.6 is 0 Å². The van der Waals surface area contributed by atoms with Crippen molar-refractivity contribution in [1.82, 2.24) is 4.72 Å². The number of rotatable bonds is 7. The quantitative estimate of drug-likeness (QED) is 0.844. The largest absolute Gasteiger partial charge is 0.497 e. The third-order valence-corrected chi connectivity index (χ3v) is 4.88. The van der Waals surface area contributed by atoms with Crippen molar-refractivity contribution in [2.75, 3.05) is 20.8 Å². The molecule has 0 fully saturated rings. The molecule has 23 heavy (non-hydrogen) atoms. The molecule has 2 rings (SSSR count). The zero-order valence-electron chi connectivity index (χ0n) is 13.5. The number of sulfonamides is 1. The number of ether oxygens (including phenoxy) is 2. The minimum Gasteiger partial charge on any atom is -0.497 e. The molecule has 0 unspecified atom stereocenters. The van der Waals surface area contributed by atoms with Crippen LogP contribution in [0.15, 0.2) is 47.4 Å². The maximum Gasteiger partial charge on any atom is 0.240 e. The second-order valence-electron chi connectivity index (χ2n) is 5.19. The Balaban J connectivity index is 2.04. The van der Waals surface area contributed by atoms with E-state index in [1.54, 1.807) is 38.5 Å². The number of aryl methyl sites for hydroxylation is 1. The highest BCUT2D eigenvalue weighted by atomic mass is 32.2. The van der Waals surface area contributed by atoms with Gasteiger partial charge in [0.05, 0.1) is 19.1 Å². The molecule has 0 aromatic heterocycles. The van der Waals surface area contributed by atoms with E-state index in [2.05, 4.69) is 4.72 Å². The summed E-state index contributed by atoms with van der Waals surface area (Å²) in [4.78, 5) is 0.278. The molecule has 0 bridgehead atoms. The fourth-order valence-electron chi connectivity index (χ4n) is 2.21. The summed E-state index contributed by atoms with van der Waals surface area (Å²) in [6.45, 7) is 2.16. The molecule has 0 aliphatic rings. The zero-order valence-corrected chi connectivity index (χ0v) is 14.3. The average molecular weight is 335 g/mol. The van der Waals surface area contributed by atoms with Gasteiger partial charge < -0.3 is 9.47 Å². The molecule has 0 spiro atoms. The van der Waals surface area contributed by atoms with Crippen LogP contribution in [0.5, 0.6) is 11.5 Å². The van der Waals surface area contributed by atoms with Crippen LogP contribution < -0.4 is 14.2 Å². The van der Waals surface area contributed by atoms with Gasteiger partial charge in [0, 0.05) is 12.6 Å². The van der Waals surface area contributed by atoms with E-state index in [1.165, 1.54) is 0 Å². The predicted molar refractivity (Wildman–Crippen MR) is 89.6 cm³/mol. The van der Waals surface area contributed by atoms with Crippen molar-refractivity contribution >= 4 is 10.0 Å². The van der Waals surface area contributed by atoms with Gasteiger partial charge >= 0.3 is 0 Å².